The van der Waals surface area contributed by atoms with Crippen molar-refractivity contribution in [1.82, 2.24) is 9.88 Å². The summed E-state index contributed by atoms with van der Waals surface area (Å²) < 4.78 is 0. The van der Waals surface area contributed by atoms with Crippen LogP contribution in [0.3, 0.4) is 0 Å². The van der Waals surface area contributed by atoms with Gasteiger partial charge in [0.15, 0.2) is 0 Å². The number of piperidine rings is 1. The SMILES string of the molecule is CC1CCC(Nc2cc3ccc(CN4C5CCCC4CC5)cc3cn2)CC1. The lowest BCUT2D eigenvalue weighted by Crippen LogP contribution is -2.38. The van der Waals surface area contributed by atoms with Crippen LogP contribution in [0.4, 0.5) is 5.82 Å². The summed E-state index contributed by atoms with van der Waals surface area (Å²) >= 11 is 0. The van der Waals surface area contributed by atoms with Crippen LogP contribution in [0.25, 0.3) is 10.8 Å². The van der Waals surface area contributed by atoms with Crippen molar-refractivity contribution >= 4 is 16.6 Å². The highest BCUT2D eigenvalue weighted by atomic mass is 15.2. The topological polar surface area (TPSA) is 28.2 Å². The first-order valence-corrected chi connectivity index (χ1v) is 11.2. The lowest BCUT2D eigenvalue weighted by Gasteiger charge is -2.34. The number of aromatic nitrogens is 1. The lowest BCUT2D eigenvalue weighted by molar-refractivity contribution is 0.132. The summed E-state index contributed by atoms with van der Waals surface area (Å²) in [6.07, 6.45) is 14.4. The van der Waals surface area contributed by atoms with E-state index in [1.54, 1.807) is 0 Å². The number of hydrogen-bond donors (Lipinski definition) is 1. The third kappa shape index (κ3) is 3.71. The molecule has 2 saturated heterocycles. The molecule has 1 aromatic carbocycles. The van der Waals surface area contributed by atoms with E-state index in [0.717, 1.165) is 30.4 Å². The Balaban J connectivity index is 1.28. The summed E-state index contributed by atoms with van der Waals surface area (Å²) in [5.41, 5.74) is 1.45. The second-order valence-corrected chi connectivity index (χ2v) is 9.34. The Kier molecular flexibility index (Phi) is 4.81. The molecule has 2 atom stereocenters. The van der Waals surface area contributed by atoms with Gasteiger partial charge in [-0.3, -0.25) is 4.90 Å². The van der Waals surface area contributed by atoms with E-state index < -0.39 is 0 Å². The van der Waals surface area contributed by atoms with Gasteiger partial charge in [-0.2, -0.15) is 0 Å². The third-order valence-electron chi connectivity index (χ3n) is 7.36. The van der Waals surface area contributed by atoms with E-state index in [2.05, 4.69) is 47.6 Å². The van der Waals surface area contributed by atoms with Crippen molar-refractivity contribution in [3.8, 4) is 0 Å². The van der Waals surface area contributed by atoms with E-state index in [0.29, 0.717) is 6.04 Å². The molecule has 2 aromatic rings. The normalized spacial score (nSPS) is 31.3. The molecular weight excluding hydrogens is 330 g/mol. The highest BCUT2D eigenvalue weighted by molar-refractivity contribution is 5.84. The van der Waals surface area contributed by atoms with Crippen molar-refractivity contribution in [2.45, 2.75) is 89.4 Å². The molecule has 3 heteroatoms. The number of rotatable bonds is 4. The van der Waals surface area contributed by atoms with Gasteiger partial charge >= 0.3 is 0 Å². The lowest BCUT2D eigenvalue weighted by atomic mass is 9.87. The fraction of sp³-hybridized carbons (Fsp3) is 0.625. The molecule has 144 valence electrons. The van der Waals surface area contributed by atoms with Crippen LogP contribution in [0.1, 0.15) is 70.3 Å². The smallest absolute Gasteiger partial charge is 0.126 e. The minimum Gasteiger partial charge on any atom is -0.367 e. The van der Waals surface area contributed by atoms with Crippen LogP contribution < -0.4 is 5.32 Å². The predicted molar refractivity (Wildman–Crippen MR) is 113 cm³/mol. The molecule has 3 nitrogen and oxygen atoms in total. The van der Waals surface area contributed by atoms with Crippen molar-refractivity contribution in [2.75, 3.05) is 5.32 Å². The first-order valence-electron chi connectivity index (χ1n) is 11.2. The Morgan fingerprint density at radius 2 is 1.70 bits per heavy atom. The fourth-order valence-electron chi connectivity index (χ4n) is 5.67. The van der Waals surface area contributed by atoms with Gasteiger partial charge in [-0.15, -0.1) is 0 Å². The summed E-state index contributed by atoms with van der Waals surface area (Å²) in [5.74, 6) is 1.94. The summed E-state index contributed by atoms with van der Waals surface area (Å²) in [6, 6.07) is 11.5. The number of pyridine rings is 1. The molecule has 0 radical (unpaired) electrons. The zero-order valence-electron chi connectivity index (χ0n) is 16.7. The number of benzene rings is 1. The molecule has 2 unspecified atom stereocenters. The van der Waals surface area contributed by atoms with Gasteiger partial charge in [-0.25, -0.2) is 4.98 Å². The monoisotopic (exact) mass is 363 g/mol. The summed E-state index contributed by atoms with van der Waals surface area (Å²) in [6.45, 7) is 3.49. The first-order chi connectivity index (χ1) is 13.2. The molecule has 2 aliphatic heterocycles. The summed E-state index contributed by atoms with van der Waals surface area (Å²) in [5, 5.41) is 6.26. The molecule has 0 spiro atoms. The number of hydrogen-bond acceptors (Lipinski definition) is 3. The van der Waals surface area contributed by atoms with Gasteiger partial charge in [0.1, 0.15) is 5.82 Å². The van der Waals surface area contributed by atoms with Crippen LogP contribution in [-0.2, 0) is 6.54 Å². The first kappa shape index (κ1) is 17.5. The Hall–Kier alpha value is -1.61. The van der Waals surface area contributed by atoms with E-state index in [4.69, 9.17) is 4.98 Å². The maximum absolute atomic E-state index is 4.73. The maximum atomic E-state index is 4.73. The van der Waals surface area contributed by atoms with Crippen molar-refractivity contribution in [3.63, 3.8) is 0 Å². The molecule has 1 N–H and O–H groups in total. The van der Waals surface area contributed by atoms with E-state index in [-0.39, 0.29) is 0 Å². The standard InChI is InChI=1S/C24H33N3/c1-17-5-9-21(10-6-17)26-24-14-19-8-7-18(13-20(19)15-25-24)16-27-22-3-2-4-23(27)12-11-22/h7-8,13-15,17,21-23H,2-6,9-12,16H2,1H3,(H,25,26). The Morgan fingerprint density at radius 1 is 0.926 bits per heavy atom. The Morgan fingerprint density at radius 3 is 2.48 bits per heavy atom. The van der Waals surface area contributed by atoms with Gasteiger partial charge in [-0.05, 0) is 80.4 Å². The molecule has 3 aliphatic rings. The van der Waals surface area contributed by atoms with Gasteiger partial charge < -0.3 is 5.32 Å². The molecule has 1 aliphatic carbocycles. The quantitative estimate of drug-likeness (QED) is 0.750. The third-order valence-corrected chi connectivity index (χ3v) is 7.36. The van der Waals surface area contributed by atoms with Crippen molar-refractivity contribution in [1.29, 1.82) is 0 Å². The van der Waals surface area contributed by atoms with Gasteiger partial charge in [0.05, 0.1) is 0 Å². The van der Waals surface area contributed by atoms with Gasteiger partial charge in [0.2, 0.25) is 0 Å². The average molecular weight is 364 g/mol. The molecule has 3 fully saturated rings. The molecule has 27 heavy (non-hydrogen) atoms. The number of anilines is 1. The van der Waals surface area contributed by atoms with Crippen LogP contribution in [0.5, 0.6) is 0 Å². The van der Waals surface area contributed by atoms with Crippen molar-refractivity contribution in [3.05, 3.63) is 36.0 Å². The Bertz CT molecular complexity index is 777. The molecule has 0 amide bonds. The van der Waals surface area contributed by atoms with E-state index in [1.807, 2.05) is 0 Å². The van der Waals surface area contributed by atoms with E-state index >= 15 is 0 Å². The number of nitrogens with one attached hydrogen (secondary N) is 1. The van der Waals surface area contributed by atoms with Crippen molar-refractivity contribution < 1.29 is 0 Å². The molecule has 1 aromatic heterocycles. The molecule has 2 bridgehead atoms. The zero-order chi connectivity index (χ0) is 18.2. The van der Waals surface area contributed by atoms with Gasteiger partial charge in [-0.1, -0.05) is 25.5 Å². The number of nitrogens with zero attached hydrogens (tertiary/aromatic N) is 2. The zero-order valence-corrected chi connectivity index (χ0v) is 16.7. The summed E-state index contributed by atoms with van der Waals surface area (Å²) in [4.78, 5) is 7.50. The van der Waals surface area contributed by atoms with E-state index in [9.17, 15) is 0 Å². The highest BCUT2D eigenvalue weighted by Gasteiger charge is 2.36. The second kappa shape index (κ2) is 7.43. The molecule has 3 heterocycles. The molecular formula is C24H33N3. The van der Waals surface area contributed by atoms with Gasteiger partial charge in [0.25, 0.3) is 0 Å². The largest absolute Gasteiger partial charge is 0.367 e. The van der Waals surface area contributed by atoms with Crippen molar-refractivity contribution in [2.24, 2.45) is 5.92 Å². The van der Waals surface area contributed by atoms with Crippen LogP contribution in [0.2, 0.25) is 0 Å². The van der Waals surface area contributed by atoms with E-state index in [1.165, 1.54) is 74.1 Å². The average Bonchev–Trinajstić information content (AvgIpc) is 2.90. The second-order valence-electron chi connectivity index (χ2n) is 9.34. The number of fused-ring (bicyclic) bond motifs is 3. The minimum absolute atomic E-state index is 0.597. The fourth-order valence-corrected chi connectivity index (χ4v) is 5.67. The Labute approximate surface area is 163 Å². The summed E-state index contributed by atoms with van der Waals surface area (Å²) in [7, 11) is 0. The minimum atomic E-state index is 0.597. The highest BCUT2D eigenvalue weighted by Crippen LogP contribution is 2.36. The van der Waals surface area contributed by atoms with Crippen LogP contribution >= 0.6 is 0 Å². The van der Waals surface area contributed by atoms with Crippen LogP contribution in [-0.4, -0.2) is 28.0 Å². The van der Waals surface area contributed by atoms with Crippen LogP contribution in [0, 0.1) is 5.92 Å². The maximum Gasteiger partial charge on any atom is 0.126 e. The molecule has 5 rings (SSSR count). The molecule has 1 saturated carbocycles. The predicted octanol–water partition coefficient (Wildman–Crippen LogP) is 5.74. The van der Waals surface area contributed by atoms with Gasteiger partial charge in [0, 0.05) is 36.3 Å². The van der Waals surface area contributed by atoms with Crippen LogP contribution in [0.15, 0.2) is 30.5 Å².